The lowest BCUT2D eigenvalue weighted by atomic mass is 10.1. The topological polar surface area (TPSA) is 15.3 Å². The summed E-state index contributed by atoms with van der Waals surface area (Å²) >= 11 is 0. The van der Waals surface area contributed by atoms with E-state index in [1.807, 2.05) is 43.3 Å². The largest absolute Gasteiger partial charge is 0.416 e. The van der Waals surface area contributed by atoms with Gasteiger partial charge in [0.05, 0.1) is 5.56 Å². The summed E-state index contributed by atoms with van der Waals surface area (Å²) in [5.41, 5.74) is 2.17. The van der Waals surface area contributed by atoms with Gasteiger partial charge in [-0.05, 0) is 35.9 Å². The van der Waals surface area contributed by atoms with E-state index in [1.54, 1.807) is 0 Å². The molecule has 2 aromatic carbocycles. The standard InChI is InChI=1S/C16H17F3N2/c1-21(2)15-5-3-4-14(10-15)20-11-12-6-8-13(9-7-12)16(17,18)19/h3-10,20H,11H2,1-2H3. The molecular weight excluding hydrogens is 277 g/mol. The second-order valence-electron chi connectivity index (χ2n) is 4.99. The lowest BCUT2D eigenvalue weighted by Gasteiger charge is -2.14. The number of alkyl halides is 3. The smallest absolute Gasteiger partial charge is 0.381 e. The van der Waals surface area contributed by atoms with E-state index in [4.69, 9.17) is 0 Å². The van der Waals surface area contributed by atoms with Gasteiger partial charge in [-0.3, -0.25) is 0 Å². The van der Waals surface area contributed by atoms with Crippen molar-refractivity contribution in [3.8, 4) is 0 Å². The van der Waals surface area contributed by atoms with Gasteiger partial charge in [-0.25, -0.2) is 0 Å². The molecule has 0 saturated carbocycles. The van der Waals surface area contributed by atoms with Gasteiger partial charge in [0.2, 0.25) is 0 Å². The van der Waals surface area contributed by atoms with Crippen molar-refractivity contribution < 1.29 is 13.2 Å². The van der Waals surface area contributed by atoms with Crippen molar-refractivity contribution in [2.24, 2.45) is 0 Å². The molecule has 0 saturated heterocycles. The second-order valence-corrected chi connectivity index (χ2v) is 4.99. The van der Waals surface area contributed by atoms with Crippen LogP contribution in [0.25, 0.3) is 0 Å². The van der Waals surface area contributed by atoms with Gasteiger partial charge in [-0.1, -0.05) is 18.2 Å². The van der Waals surface area contributed by atoms with E-state index >= 15 is 0 Å². The molecule has 0 amide bonds. The maximum absolute atomic E-state index is 12.5. The molecule has 2 rings (SSSR count). The third kappa shape index (κ3) is 4.15. The first kappa shape index (κ1) is 15.2. The molecule has 2 nitrogen and oxygen atoms in total. The first-order chi connectivity index (χ1) is 9.86. The number of hydrogen-bond donors (Lipinski definition) is 1. The summed E-state index contributed by atoms with van der Waals surface area (Å²) in [6.45, 7) is 0.481. The molecule has 0 bridgehead atoms. The predicted octanol–water partition coefficient (Wildman–Crippen LogP) is 4.38. The molecule has 0 radical (unpaired) electrons. The SMILES string of the molecule is CN(C)c1cccc(NCc2ccc(C(F)(F)F)cc2)c1. The Balaban J connectivity index is 2.01. The fraction of sp³-hybridized carbons (Fsp3) is 0.250. The predicted molar refractivity (Wildman–Crippen MR) is 79.5 cm³/mol. The number of halogens is 3. The lowest BCUT2D eigenvalue weighted by Crippen LogP contribution is -2.09. The zero-order valence-electron chi connectivity index (χ0n) is 11.9. The van der Waals surface area contributed by atoms with Crippen LogP contribution >= 0.6 is 0 Å². The molecule has 0 aliphatic rings. The second kappa shape index (κ2) is 6.08. The summed E-state index contributed by atoms with van der Waals surface area (Å²) in [5, 5.41) is 3.21. The van der Waals surface area contributed by atoms with E-state index < -0.39 is 11.7 Å². The van der Waals surface area contributed by atoms with Crippen molar-refractivity contribution in [2.45, 2.75) is 12.7 Å². The van der Waals surface area contributed by atoms with Gasteiger partial charge in [0.15, 0.2) is 0 Å². The van der Waals surface area contributed by atoms with Crippen LogP contribution in [0.2, 0.25) is 0 Å². The van der Waals surface area contributed by atoms with E-state index in [9.17, 15) is 13.2 Å². The quantitative estimate of drug-likeness (QED) is 0.900. The maximum atomic E-state index is 12.5. The zero-order valence-corrected chi connectivity index (χ0v) is 11.9. The van der Waals surface area contributed by atoms with Gasteiger partial charge in [0, 0.05) is 32.0 Å². The Morgan fingerprint density at radius 1 is 1.00 bits per heavy atom. The molecule has 0 spiro atoms. The van der Waals surface area contributed by atoms with Crippen molar-refractivity contribution in [3.63, 3.8) is 0 Å². The molecule has 0 unspecified atom stereocenters. The van der Waals surface area contributed by atoms with E-state index in [0.717, 1.165) is 29.1 Å². The molecule has 0 aliphatic heterocycles. The Kier molecular flexibility index (Phi) is 4.40. The number of nitrogens with zero attached hydrogens (tertiary/aromatic N) is 1. The first-order valence-corrected chi connectivity index (χ1v) is 6.53. The van der Waals surface area contributed by atoms with Crippen LogP contribution in [0.15, 0.2) is 48.5 Å². The molecule has 0 heterocycles. The van der Waals surface area contributed by atoms with E-state index in [-0.39, 0.29) is 0 Å². The number of anilines is 2. The van der Waals surface area contributed by atoms with E-state index in [0.29, 0.717) is 6.54 Å². The molecule has 5 heteroatoms. The Morgan fingerprint density at radius 3 is 2.24 bits per heavy atom. The third-order valence-electron chi connectivity index (χ3n) is 3.14. The normalized spacial score (nSPS) is 11.3. The molecule has 0 fully saturated rings. The monoisotopic (exact) mass is 294 g/mol. The molecular formula is C16H17F3N2. The Bertz CT molecular complexity index is 589. The van der Waals surface area contributed by atoms with Gasteiger partial charge in [-0.15, -0.1) is 0 Å². The van der Waals surface area contributed by atoms with Crippen molar-refractivity contribution in [1.82, 2.24) is 0 Å². The fourth-order valence-corrected chi connectivity index (χ4v) is 1.91. The molecule has 21 heavy (non-hydrogen) atoms. The number of benzene rings is 2. The number of hydrogen-bond acceptors (Lipinski definition) is 2. The minimum absolute atomic E-state index is 0.481. The van der Waals surface area contributed by atoms with Crippen molar-refractivity contribution in [1.29, 1.82) is 0 Å². The Hall–Kier alpha value is -2.17. The van der Waals surface area contributed by atoms with Crippen LogP contribution in [0.4, 0.5) is 24.5 Å². The molecule has 0 atom stereocenters. The van der Waals surface area contributed by atoms with Crippen molar-refractivity contribution >= 4 is 11.4 Å². The van der Waals surface area contributed by atoms with Crippen LogP contribution < -0.4 is 10.2 Å². The highest BCUT2D eigenvalue weighted by atomic mass is 19.4. The zero-order chi connectivity index (χ0) is 15.5. The molecule has 0 aromatic heterocycles. The van der Waals surface area contributed by atoms with Gasteiger partial charge < -0.3 is 10.2 Å². The average molecular weight is 294 g/mol. The summed E-state index contributed by atoms with van der Waals surface area (Å²) in [4.78, 5) is 1.99. The van der Waals surface area contributed by atoms with Crippen LogP contribution in [0.1, 0.15) is 11.1 Å². The third-order valence-corrected chi connectivity index (χ3v) is 3.14. The van der Waals surface area contributed by atoms with Gasteiger partial charge in [0.25, 0.3) is 0 Å². The average Bonchev–Trinajstić information content (AvgIpc) is 2.45. The van der Waals surface area contributed by atoms with Crippen molar-refractivity contribution in [3.05, 3.63) is 59.7 Å². The molecule has 1 N–H and O–H groups in total. The van der Waals surface area contributed by atoms with Crippen LogP contribution in [0.3, 0.4) is 0 Å². The molecule has 0 aliphatic carbocycles. The summed E-state index contributed by atoms with van der Waals surface area (Å²) < 4.78 is 37.4. The van der Waals surface area contributed by atoms with Crippen molar-refractivity contribution in [2.75, 3.05) is 24.3 Å². The Morgan fingerprint density at radius 2 is 1.67 bits per heavy atom. The highest BCUT2D eigenvalue weighted by Gasteiger charge is 2.29. The van der Waals surface area contributed by atoms with Gasteiger partial charge in [-0.2, -0.15) is 13.2 Å². The van der Waals surface area contributed by atoms with Gasteiger partial charge in [0.1, 0.15) is 0 Å². The minimum atomic E-state index is -4.29. The van der Waals surface area contributed by atoms with E-state index in [2.05, 4.69) is 5.32 Å². The van der Waals surface area contributed by atoms with Crippen LogP contribution in [-0.4, -0.2) is 14.1 Å². The highest BCUT2D eigenvalue weighted by Crippen LogP contribution is 2.29. The first-order valence-electron chi connectivity index (χ1n) is 6.53. The fourth-order valence-electron chi connectivity index (χ4n) is 1.91. The Labute approximate surface area is 122 Å². The van der Waals surface area contributed by atoms with E-state index in [1.165, 1.54) is 12.1 Å². The summed E-state index contributed by atoms with van der Waals surface area (Å²) in [5.74, 6) is 0. The summed E-state index contributed by atoms with van der Waals surface area (Å²) in [7, 11) is 3.91. The van der Waals surface area contributed by atoms with Gasteiger partial charge >= 0.3 is 6.18 Å². The van der Waals surface area contributed by atoms with Crippen LogP contribution in [-0.2, 0) is 12.7 Å². The highest BCUT2D eigenvalue weighted by molar-refractivity contribution is 5.57. The molecule has 2 aromatic rings. The summed E-state index contributed by atoms with van der Waals surface area (Å²) in [6, 6.07) is 13.0. The number of nitrogens with one attached hydrogen (secondary N) is 1. The van der Waals surface area contributed by atoms with Crippen LogP contribution in [0.5, 0.6) is 0 Å². The minimum Gasteiger partial charge on any atom is -0.381 e. The maximum Gasteiger partial charge on any atom is 0.416 e. The lowest BCUT2D eigenvalue weighted by molar-refractivity contribution is -0.137. The van der Waals surface area contributed by atoms with Crippen LogP contribution in [0, 0.1) is 0 Å². The molecule has 112 valence electrons. The number of rotatable bonds is 4. The summed E-state index contributed by atoms with van der Waals surface area (Å²) in [6.07, 6.45) is -4.29.